The van der Waals surface area contributed by atoms with Crippen molar-refractivity contribution in [3.63, 3.8) is 0 Å². The van der Waals surface area contributed by atoms with Crippen LogP contribution in [-0.4, -0.2) is 42.8 Å². The molecule has 0 atom stereocenters. The van der Waals surface area contributed by atoms with Crippen LogP contribution in [0.25, 0.3) is 0 Å². The van der Waals surface area contributed by atoms with Gasteiger partial charge in [-0.1, -0.05) is 18.5 Å². The van der Waals surface area contributed by atoms with Crippen molar-refractivity contribution >= 4 is 12.1 Å². The third-order valence-electron chi connectivity index (χ3n) is 1.42. The fraction of sp³-hybridized carbons (Fsp3) is 0.750. The fourth-order valence-corrected chi connectivity index (χ4v) is 0.701. The fourth-order valence-electron chi connectivity index (χ4n) is 0.701. The summed E-state index contributed by atoms with van der Waals surface area (Å²) >= 11 is 0. The molecule has 0 aromatic carbocycles. The van der Waals surface area contributed by atoms with Gasteiger partial charge in [-0.25, -0.2) is 0 Å². The average molecular weight is 171 g/mol. The molecule has 0 amide bonds. The highest BCUT2D eigenvalue weighted by molar-refractivity contribution is 6.28. The van der Waals surface area contributed by atoms with Crippen LogP contribution in [0.5, 0.6) is 0 Å². The van der Waals surface area contributed by atoms with Crippen molar-refractivity contribution in [2.45, 2.75) is 19.8 Å². The molecule has 0 radical (unpaired) electrons. The van der Waals surface area contributed by atoms with Crippen LogP contribution in [0.2, 0.25) is 0 Å². The van der Waals surface area contributed by atoms with Gasteiger partial charge in [-0.3, -0.25) is 4.99 Å². The maximum Gasteiger partial charge on any atom is 0.145 e. The molecular weight excluding hydrogens is 154 g/mol. The summed E-state index contributed by atoms with van der Waals surface area (Å²) in [5.41, 5.74) is 0. The van der Waals surface area contributed by atoms with Crippen LogP contribution in [0.4, 0.5) is 0 Å². The molecule has 1 N–H and O–H groups in total. The largest absolute Gasteiger partial charge is 0.411 e. The summed E-state index contributed by atoms with van der Waals surface area (Å²) in [5, 5.41) is 11.2. The number of hydrogen-bond donors (Lipinski definition) is 1. The molecule has 70 valence electrons. The summed E-state index contributed by atoms with van der Waals surface area (Å²) in [4.78, 5) is 6.05. The molecule has 4 heteroatoms. The Balaban J connectivity index is 4.00. The SMILES string of the molecule is CCCCN=C(/C=N/O)N(C)C. The second kappa shape index (κ2) is 6.64. The van der Waals surface area contributed by atoms with Gasteiger partial charge in [0.1, 0.15) is 12.1 Å². The lowest BCUT2D eigenvalue weighted by Gasteiger charge is -2.10. The first-order chi connectivity index (χ1) is 5.72. The predicted molar refractivity (Wildman–Crippen MR) is 51.2 cm³/mol. The number of aliphatic imine (C=N–C) groups is 1. The lowest BCUT2D eigenvalue weighted by atomic mass is 10.3. The minimum absolute atomic E-state index is 0.700. The Kier molecular flexibility index (Phi) is 6.05. The van der Waals surface area contributed by atoms with E-state index in [2.05, 4.69) is 17.1 Å². The number of unbranched alkanes of at least 4 members (excludes halogenated alkanes) is 1. The number of nitrogens with zero attached hydrogens (tertiary/aromatic N) is 3. The van der Waals surface area contributed by atoms with E-state index in [1.807, 2.05) is 19.0 Å². The predicted octanol–water partition coefficient (Wildman–Crippen LogP) is 1.21. The van der Waals surface area contributed by atoms with E-state index in [0.717, 1.165) is 19.4 Å². The number of amidine groups is 1. The van der Waals surface area contributed by atoms with Gasteiger partial charge in [0.2, 0.25) is 0 Å². The third-order valence-corrected chi connectivity index (χ3v) is 1.42. The Morgan fingerprint density at radius 2 is 2.17 bits per heavy atom. The maximum absolute atomic E-state index is 8.30. The zero-order chi connectivity index (χ0) is 9.40. The highest BCUT2D eigenvalue weighted by Gasteiger charge is 1.96. The average Bonchev–Trinajstić information content (AvgIpc) is 2.03. The van der Waals surface area contributed by atoms with Crippen LogP contribution in [0.15, 0.2) is 10.1 Å². The number of oxime groups is 1. The molecule has 0 aliphatic carbocycles. The zero-order valence-electron chi connectivity index (χ0n) is 7.99. The van der Waals surface area contributed by atoms with E-state index in [4.69, 9.17) is 5.21 Å². The summed E-state index contributed by atoms with van der Waals surface area (Å²) in [6, 6.07) is 0. The van der Waals surface area contributed by atoms with E-state index < -0.39 is 0 Å². The molecular formula is C8H17N3O. The summed E-state index contributed by atoms with van der Waals surface area (Å²) in [7, 11) is 3.74. The van der Waals surface area contributed by atoms with E-state index in [-0.39, 0.29) is 0 Å². The highest BCUT2D eigenvalue weighted by atomic mass is 16.4. The summed E-state index contributed by atoms with van der Waals surface area (Å²) in [6.45, 7) is 2.90. The Morgan fingerprint density at radius 1 is 1.50 bits per heavy atom. The first kappa shape index (κ1) is 10.9. The summed E-state index contributed by atoms with van der Waals surface area (Å²) in [6.07, 6.45) is 3.53. The Morgan fingerprint density at radius 3 is 2.58 bits per heavy atom. The van der Waals surface area contributed by atoms with Crippen molar-refractivity contribution in [2.24, 2.45) is 10.1 Å². The maximum atomic E-state index is 8.30. The molecule has 0 saturated carbocycles. The lowest BCUT2D eigenvalue weighted by molar-refractivity contribution is 0.322. The van der Waals surface area contributed by atoms with E-state index in [0.29, 0.717) is 5.84 Å². The van der Waals surface area contributed by atoms with Gasteiger partial charge in [0.05, 0.1) is 0 Å². The second-order valence-corrected chi connectivity index (χ2v) is 2.73. The van der Waals surface area contributed by atoms with E-state index in [9.17, 15) is 0 Å². The minimum atomic E-state index is 0.700. The monoisotopic (exact) mass is 171 g/mol. The third kappa shape index (κ3) is 4.71. The van der Waals surface area contributed by atoms with Crippen LogP contribution in [0, 0.1) is 0 Å². The van der Waals surface area contributed by atoms with Crippen molar-refractivity contribution in [3.05, 3.63) is 0 Å². The van der Waals surface area contributed by atoms with Crippen LogP contribution in [-0.2, 0) is 0 Å². The molecule has 0 unspecified atom stereocenters. The first-order valence-corrected chi connectivity index (χ1v) is 4.11. The van der Waals surface area contributed by atoms with Gasteiger partial charge in [0.25, 0.3) is 0 Å². The molecule has 0 spiro atoms. The van der Waals surface area contributed by atoms with Gasteiger partial charge < -0.3 is 10.1 Å². The van der Waals surface area contributed by atoms with Gasteiger partial charge >= 0.3 is 0 Å². The Hall–Kier alpha value is -1.06. The standard InChI is InChI=1S/C8H17N3O/c1-4-5-6-9-8(7-10-12)11(2)3/h7,12H,4-6H2,1-3H3/b9-8?,10-7+. The summed E-state index contributed by atoms with van der Waals surface area (Å²) < 4.78 is 0. The normalized spacial score (nSPS) is 12.4. The van der Waals surface area contributed by atoms with Crippen LogP contribution in [0.1, 0.15) is 19.8 Å². The molecule has 0 fully saturated rings. The van der Waals surface area contributed by atoms with Gasteiger partial charge in [-0.05, 0) is 6.42 Å². The van der Waals surface area contributed by atoms with Crippen molar-refractivity contribution in [3.8, 4) is 0 Å². The molecule has 12 heavy (non-hydrogen) atoms. The molecule has 0 aromatic rings. The molecule has 0 heterocycles. The van der Waals surface area contributed by atoms with Crippen molar-refractivity contribution in [2.75, 3.05) is 20.6 Å². The van der Waals surface area contributed by atoms with Crippen molar-refractivity contribution < 1.29 is 5.21 Å². The minimum Gasteiger partial charge on any atom is -0.411 e. The Bertz CT molecular complexity index is 164. The highest BCUT2D eigenvalue weighted by Crippen LogP contribution is 1.89. The molecule has 0 aliphatic rings. The van der Waals surface area contributed by atoms with Gasteiger partial charge in [0.15, 0.2) is 0 Å². The van der Waals surface area contributed by atoms with Gasteiger partial charge in [0, 0.05) is 20.6 Å². The lowest BCUT2D eigenvalue weighted by Crippen LogP contribution is -2.23. The zero-order valence-corrected chi connectivity index (χ0v) is 7.99. The van der Waals surface area contributed by atoms with Crippen LogP contribution < -0.4 is 0 Å². The van der Waals surface area contributed by atoms with E-state index in [1.54, 1.807) is 0 Å². The summed E-state index contributed by atoms with van der Waals surface area (Å²) in [5.74, 6) is 0.700. The van der Waals surface area contributed by atoms with Crippen molar-refractivity contribution in [1.29, 1.82) is 0 Å². The topological polar surface area (TPSA) is 48.2 Å². The first-order valence-electron chi connectivity index (χ1n) is 4.11. The van der Waals surface area contributed by atoms with Crippen LogP contribution >= 0.6 is 0 Å². The van der Waals surface area contributed by atoms with Crippen molar-refractivity contribution in [1.82, 2.24) is 4.90 Å². The smallest absolute Gasteiger partial charge is 0.145 e. The Labute approximate surface area is 73.6 Å². The number of hydrogen-bond acceptors (Lipinski definition) is 3. The number of rotatable bonds is 4. The molecule has 4 nitrogen and oxygen atoms in total. The van der Waals surface area contributed by atoms with E-state index in [1.165, 1.54) is 6.21 Å². The molecule has 0 aromatic heterocycles. The van der Waals surface area contributed by atoms with Gasteiger partial charge in [-0.2, -0.15) is 0 Å². The quantitative estimate of drug-likeness (QED) is 0.227. The molecule has 0 saturated heterocycles. The van der Waals surface area contributed by atoms with E-state index >= 15 is 0 Å². The second-order valence-electron chi connectivity index (χ2n) is 2.73. The molecule has 0 aliphatic heterocycles. The molecule has 0 bridgehead atoms. The molecule has 0 rings (SSSR count). The van der Waals surface area contributed by atoms with Gasteiger partial charge in [-0.15, -0.1) is 0 Å². The van der Waals surface area contributed by atoms with Crippen LogP contribution in [0.3, 0.4) is 0 Å².